The number of halogens is 1. The molecule has 0 aliphatic heterocycles. The van der Waals surface area contributed by atoms with E-state index in [0.717, 1.165) is 58.8 Å². The van der Waals surface area contributed by atoms with E-state index in [1.165, 1.54) is 12.1 Å². The smallest absolute Gasteiger partial charge is 0.123 e. The molecule has 5 rings (SSSR count). The highest BCUT2D eigenvalue weighted by Gasteiger charge is 2.47. The zero-order valence-electron chi connectivity index (χ0n) is 19.1. The Morgan fingerprint density at radius 1 is 1.03 bits per heavy atom. The molecule has 0 amide bonds. The van der Waals surface area contributed by atoms with Gasteiger partial charge in [-0.25, -0.2) is 14.4 Å². The van der Waals surface area contributed by atoms with Crippen LogP contribution >= 0.6 is 11.3 Å². The van der Waals surface area contributed by atoms with Crippen molar-refractivity contribution < 1.29 is 8.60 Å². The maximum Gasteiger partial charge on any atom is 0.123 e. The Bertz CT molecular complexity index is 1380. The third-order valence-corrected chi connectivity index (χ3v) is 12.1. The molecule has 0 bridgehead atoms. The first-order valence-electron chi connectivity index (χ1n) is 11.6. The number of hydrogen-bond donors (Lipinski definition) is 1. The van der Waals surface area contributed by atoms with Crippen LogP contribution in [0.3, 0.4) is 0 Å². The third kappa shape index (κ3) is 3.82. The molecule has 1 aliphatic carbocycles. The zero-order chi connectivity index (χ0) is 23.8. The van der Waals surface area contributed by atoms with Gasteiger partial charge in [0.15, 0.2) is 0 Å². The van der Waals surface area contributed by atoms with E-state index in [-0.39, 0.29) is 11.1 Å². The Morgan fingerprint density at radius 2 is 1.74 bits per heavy atom. The predicted octanol–water partition coefficient (Wildman–Crippen LogP) is 6.63. The molecule has 1 fully saturated rings. The van der Waals surface area contributed by atoms with Crippen molar-refractivity contribution in [1.82, 2.24) is 9.97 Å². The molecule has 2 N–H and O–H groups in total. The number of pyridine rings is 1. The second kappa shape index (κ2) is 8.80. The Morgan fingerprint density at radius 3 is 2.41 bits per heavy atom. The lowest BCUT2D eigenvalue weighted by Crippen LogP contribution is -2.52. The number of thiazole rings is 1. The van der Waals surface area contributed by atoms with Gasteiger partial charge in [-0.3, -0.25) is 9.35 Å². The topological polar surface area (TPSA) is 68.9 Å². The van der Waals surface area contributed by atoms with Crippen LogP contribution in [0, 0.1) is 5.82 Å². The van der Waals surface area contributed by atoms with Gasteiger partial charge in [-0.15, -0.1) is 11.3 Å². The van der Waals surface area contributed by atoms with Crippen molar-refractivity contribution in [2.24, 2.45) is 5.14 Å². The number of hydrogen-bond acceptors (Lipinski definition) is 4. The normalized spacial score (nSPS) is 15.8. The zero-order valence-corrected chi connectivity index (χ0v) is 20.7. The number of rotatable bonds is 6. The standard InChI is InChI=1S/C27H28FN3OS2/c1-2-24-31-26(19-12-14-21(28)15-13-19)27(33-24)20-16-17-30-25(18-20)34(29,32,23-10-6-7-11-23)22-8-4-3-5-9-22/h3-5,8-9,12-18,23H,2,6-7,10-11H2,1H3,(H2,29,32). The molecule has 4 nitrogen and oxygen atoms in total. The fourth-order valence-corrected chi connectivity index (χ4v) is 9.46. The van der Waals surface area contributed by atoms with Crippen LogP contribution in [0.25, 0.3) is 21.7 Å². The number of benzene rings is 2. The molecule has 176 valence electrons. The number of aromatic nitrogens is 2. The quantitative estimate of drug-likeness (QED) is 0.328. The van der Waals surface area contributed by atoms with Crippen molar-refractivity contribution in [2.75, 3.05) is 0 Å². The average molecular weight is 494 g/mol. The van der Waals surface area contributed by atoms with E-state index in [0.29, 0.717) is 9.92 Å². The fourth-order valence-electron chi connectivity index (χ4n) is 4.84. The minimum Gasteiger partial charge on any atom is -0.263 e. The molecule has 2 aromatic heterocycles. The van der Waals surface area contributed by atoms with Crippen molar-refractivity contribution in [1.29, 1.82) is 0 Å². The SMILES string of the molecule is CCc1nc(-c2ccc(F)cc2)c(-c2ccnc(S(N)(=O)(c3ccccc3)C3CCCC3)c2)s1. The minimum absolute atomic E-state index is 0.147. The third-order valence-electron chi connectivity index (χ3n) is 6.71. The summed E-state index contributed by atoms with van der Waals surface area (Å²) in [5.74, 6) is -0.284. The van der Waals surface area contributed by atoms with Crippen molar-refractivity contribution in [3.63, 3.8) is 0 Å². The highest BCUT2D eigenvalue weighted by atomic mass is 32.3. The Balaban J connectivity index is 1.69. The fraction of sp³-hybridized carbons (Fsp3) is 0.259. The summed E-state index contributed by atoms with van der Waals surface area (Å²) in [4.78, 5) is 11.0. The molecule has 0 saturated heterocycles. The Hall–Kier alpha value is -2.74. The van der Waals surface area contributed by atoms with Crippen molar-refractivity contribution in [3.8, 4) is 21.7 Å². The molecule has 0 radical (unpaired) electrons. The lowest BCUT2D eigenvalue weighted by atomic mass is 10.1. The van der Waals surface area contributed by atoms with E-state index >= 15 is 4.21 Å². The highest BCUT2D eigenvalue weighted by Crippen LogP contribution is 2.48. The Kier molecular flexibility index (Phi) is 5.96. The van der Waals surface area contributed by atoms with Crippen LogP contribution < -0.4 is 5.14 Å². The van der Waals surface area contributed by atoms with Crippen molar-refractivity contribution in [2.45, 2.75) is 54.2 Å². The van der Waals surface area contributed by atoms with Gasteiger partial charge in [0.2, 0.25) is 0 Å². The van der Waals surface area contributed by atoms with E-state index in [2.05, 4.69) is 11.9 Å². The van der Waals surface area contributed by atoms with E-state index in [1.807, 2.05) is 42.5 Å². The molecular weight excluding hydrogens is 465 g/mol. The van der Waals surface area contributed by atoms with Gasteiger partial charge in [0, 0.05) is 31.2 Å². The molecular formula is C27H28FN3OS2. The van der Waals surface area contributed by atoms with Crippen LogP contribution in [0.15, 0.2) is 82.8 Å². The van der Waals surface area contributed by atoms with Gasteiger partial charge in [-0.05, 0) is 73.4 Å². The summed E-state index contributed by atoms with van der Waals surface area (Å²) in [6.45, 7) is 2.06. The monoisotopic (exact) mass is 493 g/mol. The van der Waals surface area contributed by atoms with Gasteiger partial charge in [0.1, 0.15) is 10.8 Å². The summed E-state index contributed by atoms with van der Waals surface area (Å²) < 4.78 is 28.7. The second-order valence-electron chi connectivity index (χ2n) is 8.82. The molecule has 2 heterocycles. The van der Waals surface area contributed by atoms with Gasteiger partial charge in [-0.2, -0.15) is 0 Å². The summed E-state index contributed by atoms with van der Waals surface area (Å²) in [6.07, 6.45) is 6.18. The molecule has 2 aromatic carbocycles. The summed E-state index contributed by atoms with van der Waals surface area (Å²) in [5.41, 5.74) is 2.51. The largest absolute Gasteiger partial charge is 0.263 e. The number of nitrogens with two attached hydrogens (primary N) is 1. The van der Waals surface area contributed by atoms with Crippen LogP contribution in [-0.2, 0) is 15.7 Å². The van der Waals surface area contributed by atoms with Crippen LogP contribution in [0.2, 0.25) is 0 Å². The molecule has 7 heteroatoms. The van der Waals surface area contributed by atoms with Gasteiger partial charge in [0.05, 0.1) is 15.6 Å². The van der Waals surface area contributed by atoms with Crippen LogP contribution in [0.5, 0.6) is 0 Å². The van der Waals surface area contributed by atoms with Gasteiger partial charge in [0.25, 0.3) is 0 Å². The lowest BCUT2D eigenvalue weighted by molar-refractivity contribution is 0.628. The maximum atomic E-state index is 15.1. The summed E-state index contributed by atoms with van der Waals surface area (Å²) >= 11 is 1.59. The number of aryl methyl sites for hydroxylation is 1. The lowest BCUT2D eigenvalue weighted by Gasteiger charge is -2.43. The van der Waals surface area contributed by atoms with Crippen LogP contribution in [0.4, 0.5) is 4.39 Å². The molecule has 1 aliphatic rings. The first-order chi connectivity index (χ1) is 16.4. The van der Waals surface area contributed by atoms with Crippen LogP contribution in [0.1, 0.15) is 37.6 Å². The van der Waals surface area contributed by atoms with Gasteiger partial charge >= 0.3 is 0 Å². The van der Waals surface area contributed by atoms with Gasteiger partial charge in [-0.1, -0.05) is 38.0 Å². The molecule has 34 heavy (non-hydrogen) atoms. The van der Waals surface area contributed by atoms with E-state index < -0.39 is 9.25 Å². The molecule has 1 saturated carbocycles. The van der Waals surface area contributed by atoms with E-state index in [9.17, 15) is 4.39 Å². The van der Waals surface area contributed by atoms with Gasteiger partial charge < -0.3 is 0 Å². The first kappa shape index (κ1) is 23.0. The minimum atomic E-state index is -3.95. The second-order valence-corrected chi connectivity index (χ2v) is 13.6. The van der Waals surface area contributed by atoms with E-state index in [4.69, 9.17) is 10.1 Å². The van der Waals surface area contributed by atoms with Crippen molar-refractivity contribution in [3.05, 3.63) is 83.8 Å². The average Bonchev–Trinajstić information content (AvgIpc) is 3.57. The van der Waals surface area contributed by atoms with Crippen molar-refractivity contribution >= 4 is 20.6 Å². The highest BCUT2D eigenvalue weighted by molar-refractivity contribution is 8.18. The first-order valence-corrected chi connectivity index (χ1v) is 14.5. The van der Waals surface area contributed by atoms with Crippen LogP contribution in [-0.4, -0.2) is 19.4 Å². The molecule has 0 unspecified atom stereocenters. The summed E-state index contributed by atoms with van der Waals surface area (Å²) in [5, 5.41) is 8.34. The summed E-state index contributed by atoms with van der Waals surface area (Å²) in [7, 11) is -3.95. The predicted molar refractivity (Wildman–Crippen MR) is 138 cm³/mol. The molecule has 0 atom stereocenters. The molecule has 4 aromatic rings. The Labute approximate surface area is 203 Å². The summed E-state index contributed by atoms with van der Waals surface area (Å²) in [6, 6.07) is 19.6. The number of nitrogens with zero attached hydrogens (tertiary/aromatic N) is 2. The maximum absolute atomic E-state index is 15.1. The molecule has 0 spiro atoms. The van der Waals surface area contributed by atoms with E-state index in [1.54, 1.807) is 29.7 Å².